The van der Waals surface area contributed by atoms with Gasteiger partial charge in [0.1, 0.15) is 6.10 Å². The van der Waals surface area contributed by atoms with Crippen molar-refractivity contribution in [2.75, 3.05) is 38.0 Å². The molecule has 2 aromatic rings. The molecule has 1 amide bonds. The van der Waals surface area contributed by atoms with Crippen molar-refractivity contribution < 1.29 is 9.90 Å². The zero-order valence-corrected chi connectivity index (χ0v) is 16.8. The third-order valence-electron chi connectivity index (χ3n) is 6.07. The van der Waals surface area contributed by atoms with Gasteiger partial charge in [-0.3, -0.25) is 9.69 Å². The van der Waals surface area contributed by atoms with Crippen LogP contribution in [0.2, 0.25) is 0 Å². The Balaban J connectivity index is 1.25. The van der Waals surface area contributed by atoms with Crippen molar-refractivity contribution in [3.63, 3.8) is 0 Å². The number of aryl methyl sites for hydroxylation is 1. The molecule has 0 unspecified atom stereocenters. The van der Waals surface area contributed by atoms with E-state index in [9.17, 15) is 9.90 Å². The molecule has 6 heteroatoms. The Morgan fingerprint density at radius 3 is 2.55 bits per heavy atom. The summed E-state index contributed by atoms with van der Waals surface area (Å²) >= 11 is 0. The Bertz CT molecular complexity index is 834. The molecule has 2 atom stereocenters. The molecular formula is C23H30N4O2. The van der Waals surface area contributed by atoms with Crippen molar-refractivity contribution in [1.29, 1.82) is 0 Å². The van der Waals surface area contributed by atoms with Gasteiger partial charge in [0.25, 0.3) is 0 Å². The minimum atomic E-state index is -0.668. The summed E-state index contributed by atoms with van der Waals surface area (Å²) in [6, 6.07) is 16.0. The summed E-state index contributed by atoms with van der Waals surface area (Å²) in [4.78, 5) is 16.1. The number of amides is 1. The third-order valence-corrected chi connectivity index (χ3v) is 6.07. The maximum absolute atomic E-state index is 11.5. The smallest absolute Gasteiger partial charge is 0.224 e. The van der Waals surface area contributed by atoms with Crippen LogP contribution in [0.4, 0.5) is 5.69 Å². The number of aliphatic hydroxyl groups excluding tert-OH is 1. The van der Waals surface area contributed by atoms with Crippen molar-refractivity contribution in [2.24, 2.45) is 5.73 Å². The van der Waals surface area contributed by atoms with E-state index in [0.717, 1.165) is 56.8 Å². The van der Waals surface area contributed by atoms with Crippen LogP contribution in [-0.2, 0) is 17.6 Å². The van der Waals surface area contributed by atoms with E-state index < -0.39 is 6.10 Å². The lowest BCUT2D eigenvalue weighted by molar-refractivity contribution is -0.116. The molecule has 1 fully saturated rings. The first-order chi connectivity index (χ1) is 14.1. The number of nitrogens with zero attached hydrogens (tertiary/aromatic N) is 2. The van der Waals surface area contributed by atoms with Gasteiger partial charge in [0.05, 0.1) is 6.17 Å². The molecule has 0 bridgehead atoms. The largest absolute Gasteiger partial charge is 0.385 e. The van der Waals surface area contributed by atoms with Gasteiger partial charge in [0, 0.05) is 44.8 Å². The number of benzene rings is 2. The number of nitrogens with two attached hydrogens (primary N) is 1. The Morgan fingerprint density at radius 2 is 1.79 bits per heavy atom. The summed E-state index contributed by atoms with van der Waals surface area (Å²) in [5.41, 5.74) is 10.7. The first-order valence-electron chi connectivity index (χ1n) is 10.5. The molecule has 154 valence electrons. The highest BCUT2D eigenvalue weighted by Crippen LogP contribution is 2.24. The topological polar surface area (TPSA) is 81.8 Å². The van der Waals surface area contributed by atoms with Crippen LogP contribution in [0.5, 0.6) is 0 Å². The zero-order chi connectivity index (χ0) is 20.2. The second kappa shape index (κ2) is 9.05. The fourth-order valence-electron chi connectivity index (χ4n) is 4.21. The second-order valence-electron chi connectivity index (χ2n) is 8.01. The van der Waals surface area contributed by atoms with Crippen molar-refractivity contribution in [1.82, 2.24) is 9.80 Å². The van der Waals surface area contributed by atoms with Crippen LogP contribution in [0.25, 0.3) is 0 Å². The number of anilines is 1. The van der Waals surface area contributed by atoms with Gasteiger partial charge in [-0.15, -0.1) is 0 Å². The number of carbonyl (C=O) groups excluding carboxylic acids is 1. The van der Waals surface area contributed by atoms with E-state index in [-0.39, 0.29) is 12.1 Å². The molecule has 1 saturated heterocycles. The van der Waals surface area contributed by atoms with Gasteiger partial charge in [-0.25, -0.2) is 0 Å². The monoisotopic (exact) mass is 394 g/mol. The fourth-order valence-corrected chi connectivity index (χ4v) is 4.21. The van der Waals surface area contributed by atoms with Crippen LogP contribution in [0, 0.1) is 0 Å². The van der Waals surface area contributed by atoms with Crippen molar-refractivity contribution in [3.8, 4) is 0 Å². The lowest BCUT2D eigenvalue weighted by Gasteiger charge is -2.39. The molecule has 0 radical (unpaired) electrons. The van der Waals surface area contributed by atoms with Crippen LogP contribution in [0.1, 0.15) is 29.2 Å². The molecule has 4 N–H and O–H groups in total. The van der Waals surface area contributed by atoms with Crippen molar-refractivity contribution in [2.45, 2.75) is 31.5 Å². The third kappa shape index (κ3) is 4.85. The van der Waals surface area contributed by atoms with Crippen molar-refractivity contribution in [3.05, 3.63) is 65.2 Å². The number of rotatable bonds is 6. The Morgan fingerprint density at radius 1 is 1.03 bits per heavy atom. The molecule has 0 saturated carbocycles. The summed E-state index contributed by atoms with van der Waals surface area (Å²) in [5, 5.41) is 13.5. The summed E-state index contributed by atoms with van der Waals surface area (Å²) < 4.78 is 0. The number of fused-ring (bicyclic) bond motifs is 1. The number of hydrogen-bond donors (Lipinski definition) is 3. The SMILES string of the molecule is N[C@H]([C@H](O)c1ccccc1)N1CCN(CCc2ccc3c(c2)CCC(=O)N3)CC1. The average Bonchev–Trinajstić information content (AvgIpc) is 2.77. The standard InChI is InChI=1S/C23H30N4O2/c24-23(22(29)18-4-2-1-3-5-18)27-14-12-26(13-15-27)11-10-17-6-8-20-19(16-17)7-9-21(28)25-20/h1-6,8,16,22-23,29H,7,9-15,24H2,(H,25,28)/t22-,23+/m1/s1. The van der Waals surface area contributed by atoms with Crippen LogP contribution < -0.4 is 11.1 Å². The lowest BCUT2D eigenvalue weighted by atomic mass is 9.99. The highest BCUT2D eigenvalue weighted by molar-refractivity contribution is 5.93. The highest BCUT2D eigenvalue weighted by Gasteiger charge is 2.27. The second-order valence-corrected chi connectivity index (χ2v) is 8.01. The maximum atomic E-state index is 11.5. The fraction of sp³-hybridized carbons (Fsp3) is 0.435. The van der Waals surface area contributed by atoms with Gasteiger partial charge in [-0.2, -0.15) is 0 Å². The molecule has 4 rings (SSSR count). The molecular weight excluding hydrogens is 364 g/mol. The molecule has 2 heterocycles. The number of piperazine rings is 1. The minimum Gasteiger partial charge on any atom is -0.385 e. The Labute approximate surface area is 172 Å². The maximum Gasteiger partial charge on any atom is 0.224 e. The quantitative estimate of drug-likeness (QED) is 0.695. The predicted molar refractivity (Wildman–Crippen MR) is 114 cm³/mol. The number of nitrogens with one attached hydrogen (secondary N) is 1. The number of carbonyl (C=O) groups is 1. The van der Waals surface area contributed by atoms with E-state index in [2.05, 4.69) is 27.2 Å². The molecule has 0 aliphatic carbocycles. The van der Waals surface area contributed by atoms with Crippen LogP contribution >= 0.6 is 0 Å². The number of aliphatic hydroxyl groups is 1. The average molecular weight is 395 g/mol. The van der Waals surface area contributed by atoms with E-state index in [4.69, 9.17) is 5.73 Å². The minimum absolute atomic E-state index is 0.110. The van der Waals surface area contributed by atoms with E-state index >= 15 is 0 Å². The van der Waals surface area contributed by atoms with Gasteiger partial charge >= 0.3 is 0 Å². The van der Waals surface area contributed by atoms with Gasteiger partial charge in [0.2, 0.25) is 5.91 Å². The predicted octanol–water partition coefficient (Wildman–Crippen LogP) is 1.75. The summed E-state index contributed by atoms with van der Waals surface area (Å²) in [6.07, 6.45) is 1.36. The molecule has 0 spiro atoms. The summed E-state index contributed by atoms with van der Waals surface area (Å²) in [6.45, 7) is 4.64. The van der Waals surface area contributed by atoms with Gasteiger partial charge < -0.3 is 21.1 Å². The van der Waals surface area contributed by atoms with Gasteiger partial charge in [-0.1, -0.05) is 42.5 Å². The molecule has 0 aromatic heterocycles. The van der Waals surface area contributed by atoms with Crippen LogP contribution in [0.3, 0.4) is 0 Å². The summed E-state index contributed by atoms with van der Waals surface area (Å²) in [5.74, 6) is 0.110. The van der Waals surface area contributed by atoms with Crippen molar-refractivity contribution >= 4 is 11.6 Å². The molecule has 6 nitrogen and oxygen atoms in total. The molecule has 2 aliphatic heterocycles. The molecule has 2 aliphatic rings. The first kappa shape index (κ1) is 20.0. The van der Waals surface area contributed by atoms with E-state index in [1.807, 2.05) is 36.4 Å². The Hall–Kier alpha value is -2.25. The first-order valence-corrected chi connectivity index (χ1v) is 10.5. The Kier molecular flexibility index (Phi) is 6.25. The van der Waals surface area contributed by atoms with E-state index in [1.165, 1.54) is 11.1 Å². The molecule has 2 aromatic carbocycles. The van der Waals surface area contributed by atoms with E-state index in [1.54, 1.807) is 0 Å². The zero-order valence-electron chi connectivity index (χ0n) is 16.8. The summed E-state index contributed by atoms with van der Waals surface area (Å²) in [7, 11) is 0. The lowest BCUT2D eigenvalue weighted by Crippen LogP contribution is -2.55. The highest BCUT2D eigenvalue weighted by atomic mass is 16.3. The van der Waals surface area contributed by atoms with Gasteiger partial charge in [0.15, 0.2) is 0 Å². The molecule has 29 heavy (non-hydrogen) atoms. The van der Waals surface area contributed by atoms with Crippen LogP contribution in [0.15, 0.2) is 48.5 Å². The van der Waals surface area contributed by atoms with Crippen LogP contribution in [-0.4, -0.2) is 59.7 Å². The number of hydrogen-bond acceptors (Lipinski definition) is 5. The van der Waals surface area contributed by atoms with E-state index in [0.29, 0.717) is 6.42 Å². The normalized spacial score (nSPS) is 20.0. The van der Waals surface area contributed by atoms with Gasteiger partial charge in [-0.05, 0) is 35.6 Å².